The van der Waals surface area contributed by atoms with Crippen molar-refractivity contribution >= 4 is 17.5 Å². The summed E-state index contributed by atoms with van der Waals surface area (Å²) in [6, 6.07) is 13.9. The first kappa shape index (κ1) is 20.1. The molecule has 0 aliphatic carbocycles. The number of aromatic nitrogens is 1. The standard InChI is InChI=1S/C23H29N3O2/c1-3-14-25(15-12-20-7-5-6-13-24-20)23(28)19-16-22(27)26(17-19)21-10-8-18(4-2)9-11-21/h5-11,13,19H,3-4,12,14-17H2,1-2H3. The van der Waals surface area contributed by atoms with Gasteiger partial charge in [0, 0.05) is 50.1 Å². The highest BCUT2D eigenvalue weighted by Crippen LogP contribution is 2.27. The van der Waals surface area contributed by atoms with Crippen LogP contribution >= 0.6 is 0 Å². The lowest BCUT2D eigenvalue weighted by atomic mass is 10.1. The van der Waals surface area contributed by atoms with Crippen LogP contribution < -0.4 is 4.90 Å². The van der Waals surface area contributed by atoms with Gasteiger partial charge in [0.1, 0.15) is 0 Å². The molecule has 1 aromatic heterocycles. The molecule has 0 spiro atoms. The predicted molar refractivity (Wildman–Crippen MR) is 111 cm³/mol. The van der Waals surface area contributed by atoms with E-state index in [0.29, 0.717) is 19.6 Å². The van der Waals surface area contributed by atoms with E-state index < -0.39 is 0 Å². The number of pyridine rings is 1. The molecule has 1 aliphatic heterocycles. The average Bonchev–Trinajstić information content (AvgIpc) is 3.13. The highest BCUT2D eigenvalue weighted by molar-refractivity contribution is 6.00. The van der Waals surface area contributed by atoms with Gasteiger partial charge in [-0.15, -0.1) is 0 Å². The monoisotopic (exact) mass is 379 g/mol. The minimum absolute atomic E-state index is 0.0313. The summed E-state index contributed by atoms with van der Waals surface area (Å²) < 4.78 is 0. The second-order valence-electron chi connectivity index (χ2n) is 7.32. The Morgan fingerprint density at radius 1 is 1.14 bits per heavy atom. The number of benzene rings is 1. The minimum Gasteiger partial charge on any atom is -0.342 e. The number of hydrogen-bond acceptors (Lipinski definition) is 3. The number of anilines is 1. The minimum atomic E-state index is -0.270. The summed E-state index contributed by atoms with van der Waals surface area (Å²) in [4.78, 5) is 33.7. The zero-order valence-corrected chi connectivity index (χ0v) is 16.8. The van der Waals surface area contributed by atoms with E-state index in [1.165, 1.54) is 5.56 Å². The van der Waals surface area contributed by atoms with Crippen LogP contribution in [0.1, 0.15) is 37.9 Å². The maximum Gasteiger partial charge on any atom is 0.228 e. The molecule has 28 heavy (non-hydrogen) atoms. The molecular weight excluding hydrogens is 350 g/mol. The van der Waals surface area contributed by atoms with Crippen molar-refractivity contribution in [1.82, 2.24) is 9.88 Å². The van der Waals surface area contributed by atoms with Crippen molar-refractivity contribution in [2.75, 3.05) is 24.5 Å². The molecule has 5 heteroatoms. The van der Waals surface area contributed by atoms with Crippen LogP contribution in [0.5, 0.6) is 0 Å². The molecule has 1 aromatic carbocycles. The van der Waals surface area contributed by atoms with Crippen LogP contribution in [0.15, 0.2) is 48.7 Å². The lowest BCUT2D eigenvalue weighted by Gasteiger charge is -2.25. The fraction of sp³-hybridized carbons (Fsp3) is 0.435. The third-order valence-electron chi connectivity index (χ3n) is 5.30. The molecule has 0 bridgehead atoms. The normalized spacial score (nSPS) is 16.4. The number of amides is 2. The quantitative estimate of drug-likeness (QED) is 0.706. The third-order valence-corrected chi connectivity index (χ3v) is 5.30. The zero-order chi connectivity index (χ0) is 19.9. The number of aryl methyl sites for hydroxylation is 1. The number of carbonyl (C=O) groups is 2. The second-order valence-corrected chi connectivity index (χ2v) is 7.32. The van der Waals surface area contributed by atoms with Gasteiger partial charge in [-0.2, -0.15) is 0 Å². The Morgan fingerprint density at radius 2 is 1.93 bits per heavy atom. The SMILES string of the molecule is CCCN(CCc1ccccn1)C(=O)C1CC(=O)N(c2ccc(CC)cc2)C1. The highest BCUT2D eigenvalue weighted by atomic mass is 16.2. The highest BCUT2D eigenvalue weighted by Gasteiger charge is 2.37. The van der Waals surface area contributed by atoms with Gasteiger partial charge in [-0.1, -0.05) is 32.0 Å². The molecule has 1 fully saturated rings. The lowest BCUT2D eigenvalue weighted by molar-refractivity contribution is -0.135. The molecule has 0 N–H and O–H groups in total. The topological polar surface area (TPSA) is 53.5 Å². The molecule has 5 nitrogen and oxygen atoms in total. The summed E-state index contributed by atoms with van der Waals surface area (Å²) in [5.74, 6) is -0.156. The van der Waals surface area contributed by atoms with Gasteiger partial charge in [0.25, 0.3) is 0 Å². The number of hydrogen-bond donors (Lipinski definition) is 0. The summed E-state index contributed by atoms with van der Waals surface area (Å²) in [5.41, 5.74) is 3.11. The molecular formula is C23H29N3O2. The molecule has 1 atom stereocenters. The van der Waals surface area contributed by atoms with Crippen LogP contribution in [-0.2, 0) is 22.4 Å². The predicted octanol–water partition coefficient (Wildman–Crippen LogP) is 3.48. The molecule has 1 unspecified atom stereocenters. The first-order valence-electron chi connectivity index (χ1n) is 10.2. The van der Waals surface area contributed by atoms with Gasteiger partial charge in [0.15, 0.2) is 0 Å². The van der Waals surface area contributed by atoms with E-state index in [4.69, 9.17) is 0 Å². The second kappa shape index (κ2) is 9.49. The Hall–Kier alpha value is -2.69. The molecule has 3 rings (SSSR count). The van der Waals surface area contributed by atoms with Gasteiger partial charge in [-0.25, -0.2) is 0 Å². The largest absolute Gasteiger partial charge is 0.342 e. The van der Waals surface area contributed by atoms with E-state index in [1.807, 2.05) is 47.4 Å². The Kier molecular flexibility index (Phi) is 6.80. The first-order valence-corrected chi connectivity index (χ1v) is 10.2. The Balaban J connectivity index is 1.64. The molecule has 0 radical (unpaired) electrons. The van der Waals surface area contributed by atoms with E-state index in [1.54, 1.807) is 11.1 Å². The van der Waals surface area contributed by atoms with E-state index in [0.717, 1.165) is 30.6 Å². The summed E-state index contributed by atoms with van der Waals surface area (Å²) in [7, 11) is 0. The Morgan fingerprint density at radius 3 is 2.57 bits per heavy atom. The van der Waals surface area contributed by atoms with E-state index in [9.17, 15) is 9.59 Å². The van der Waals surface area contributed by atoms with E-state index in [-0.39, 0.29) is 24.2 Å². The molecule has 1 aliphatic rings. The van der Waals surface area contributed by atoms with Crippen molar-refractivity contribution < 1.29 is 9.59 Å². The molecule has 0 saturated carbocycles. The van der Waals surface area contributed by atoms with E-state index >= 15 is 0 Å². The average molecular weight is 380 g/mol. The number of rotatable bonds is 8. The van der Waals surface area contributed by atoms with Crippen molar-refractivity contribution in [3.63, 3.8) is 0 Å². The maximum atomic E-state index is 13.1. The van der Waals surface area contributed by atoms with E-state index in [2.05, 4.69) is 18.8 Å². The molecule has 148 valence electrons. The van der Waals surface area contributed by atoms with Gasteiger partial charge < -0.3 is 9.80 Å². The van der Waals surface area contributed by atoms with Crippen LogP contribution in [-0.4, -0.2) is 41.3 Å². The molecule has 2 heterocycles. The van der Waals surface area contributed by atoms with Crippen LogP contribution in [0.2, 0.25) is 0 Å². The third kappa shape index (κ3) is 4.77. The summed E-state index contributed by atoms with van der Waals surface area (Å²) in [6.45, 7) is 5.99. The fourth-order valence-corrected chi connectivity index (χ4v) is 3.69. The maximum absolute atomic E-state index is 13.1. The summed E-state index contributed by atoms with van der Waals surface area (Å²) >= 11 is 0. The van der Waals surface area contributed by atoms with Gasteiger partial charge in [-0.05, 0) is 42.7 Å². The first-order chi connectivity index (χ1) is 13.6. The van der Waals surface area contributed by atoms with Crippen LogP contribution in [0.3, 0.4) is 0 Å². The smallest absolute Gasteiger partial charge is 0.228 e. The van der Waals surface area contributed by atoms with Gasteiger partial charge >= 0.3 is 0 Å². The van der Waals surface area contributed by atoms with Crippen molar-refractivity contribution in [2.45, 2.75) is 39.5 Å². The van der Waals surface area contributed by atoms with Gasteiger partial charge in [0.05, 0.1) is 5.92 Å². The number of carbonyl (C=O) groups excluding carboxylic acids is 2. The van der Waals surface area contributed by atoms with Gasteiger partial charge in [-0.3, -0.25) is 14.6 Å². The lowest BCUT2D eigenvalue weighted by Crippen LogP contribution is -2.39. The fourth-order valence-electron chi connectivity index (χ4n) is 3.69. The van der Waals surface area contributed by atoms with Crippen molar-refractivity contribution in [1.29, 1.82) is 0 Å². The van der Waals surface area contributed by atoms with Gasteiger partial charge in [0.2, 0.25) is 11.8 Å². The van der Waals surface area contributed by atoms with Crippen LogP contribution in [0, 0.1) is 5.92 Å². The zero-order valence-electron chi connectivity index (χ0n) is 16.8. The summed E-state index contributed by atoms with van der Waals surface area (Å²) in [5, 5.41) is 0. The van der Waals surface area contributed by atoms with Crippen molar-refractivity contribution in [3.05, 3.63) is 59.9 Å². The Bertz CT molecular complexity index is 789. The van der Waals surface area contributed by atoms with Crippen molar-refractivity contribution in [2.24, 2.45) is 5.92 Å². The summed E-state index contributed by atoms with van der Waals surface area (Å²) in [6.07, 6.45) is 4.67. The molecule has 2 amide bonds. The Labute approximate surface area is 167 Å². The molecule has 2 aromatic rings. The van der Waals surface area contributed by atoms with Crippen molar-refractivity contribution in [3.8, 4) is 0 Å². The van der Waals surface area contributed by atoms with Crippen LogP contribution in [0.4, 0.5) is 5.69 Å². The number of nitrogens with zero attached hydrogens (tertiary/aromatic N) is 3. The molecule has 1 saturated heterocycles. The van der Waals surface area contributed by atoms with Crippen LogP contribution in [0.25, 0.3) is 0 Å².